The molecular weight excluding hydrogens is 270 g/mol. The predicted octanol–water partition coefficient (Wildman–Crippen LogP) is 2.77. The zero-order chi connectivity index (χ0) is 15.1. The van der Waals surface area contributed by atoms with Gasteiger partial charge in [0.1, 0.15) is 6.10 Å². The summed E-state index contributed by atoms with van der Waals surface area (Å²) in [5.74, 6) is -2.38. The quantitative estimate of drug-likeness (QED) is 0.682. The molecule has 1 saturated carbocycles. The molecule has 0 aromatic heterocycles. The van der Waals surface area contributed by atoms with Gasteiger partial charge in [-0.1, -0.05) is 13.8 Å². The standard InChI is InChI=1S/C13H16F2N2O3/c1-3-13(2)11(16)6-12(13)20-10-5-7(14)9(17(18)19)4-8(10)15/h4-5,11-12H,3,6,16H2,1-2H3. The molecule has 1 aliphatic rings. The highest BCUT2D eigenvalue weighted by molar-refractivity contribution is 5.39. The van der Waals surface area contributed by atoms with Crippen molar-refractivity contribution in [3.8, 4) is 5.75 Å². The lowest BCUT2D eigenvalue weighted by molar-refractivity contribution is -0.387. The van der Waals surface area contributed by atoms with Gasteiger partial charge in [0.15, 0.2) is 11.6 Å². The van der Waals surface area contributed by atoms with Gasteiger partial charge in [0, 0.05) is 23.9 Å². The maximum Gasteiger partial charge on any atom is 0.307 e. The van der Waals surface area contributed by atoms with Crippen molar-refractivity contribution in [3.05, 3.63) is 33.9 Å². The van der Waals surface area contributed by atoms with Crippen molar-refractivity contribution in [3.63, 3.8) is 0 Å². The van der Waals surface area contributed by atoms with Crippen LogP contribution in [-0.4, -0.2) is 17.1 Å². The fourth-order valence-electron chi connectivity index (χ4n) is 2.42. The molecule has 2 rings (SSSR count). The van der Waals surface area contributed by atoms with Crippen molar-refractivity contribution >= 4 is 5.69 Å². The fourth-order valence-corrected chi connectivity index (χ4v) is 2.42. The van der Waals surface area contributed by atoms with E-state index in [0.717, 1.165) is 6.42 Å². The molecule has 0 heterocycles. The normalized spacial score (nSPS) is 28.9. The lowest BCUT2D eigenvalue weighted by Crippen LogP contribution is -2.61. The SMILES string of the molecule is CCC1(C)C(N)CC1Oc1cc(F)c([N+](=O)[O-])cc1F. The van der Waals surface area contributed by atoms with Gasteiger partial charge in [-0.3, -0.25) is 10.1 Å². The lowest BCUT2D eigenvalue weighted by Gasteiger charge is -2.51. The minimum Gasteiger partial charge on any atom is -0.487 e. The Hall–Kier alpha value is -1.76. The van der Waals surface area contributed by atoms with E-state index in [0.29, 0.717) is 18.6 Å². The van der Waals surface area contributed by atoms with Gasteiger partial charge in [0.2, 0.25) is 5.82 Å². The summed E-state index contributed by atoms with van der Waals surface area (Å²) in [6.45, 7) is 3.87. The Bertz CT molecular complexity index is 553. The molecule has 0 saturated heterocycles. The van der Waals surface area contributed by atoms with Crippen LogP contribution in [0.4, 0.5) is 14.5 Å². The number of hydrogen-bond donors (Lipinski definition) is 1. The first kappa shape index (κ1) is 14.6. The molecule has 1 aromatic carbocycles. The van der Waals surface area contributed by atoms with Gasteiger partial charge in [0.05, 0.1) is 11.0 Å². The highest BCUT2D eigenvalue weighted by atomic mass is 19.1. The highest BCUT2D eigenvalue weighted by Crippen LogP contribution is 2.45. The average molecular weight is 286 g/mol. The van der Waals surface area contributed by atoms with E-state index in [2.05, 4.69) is 0 Å². The summed E-state index contributed by atoms with van der Waals surface area (Å²) in [6.07, 6.45) is 0.969. The van der Waals surface area contributed by atoms with E-state index in [9.17, 15) is 18.9 Å². The minimum atomic E-state index is -1.12. The van der Waals surface area contributed by atoms with Crippen molar-refractivity contribution in [2.75, 3.05) is 0 Å². The number of halogens is 2. The molecule has 110 valence electrons. The van der Waals surface area contributed by atoms with Crippen LogP contribution in [0.2, 0.25) is 0 Å². The number of rotatable bonds is 4. The summed E-state index contributed by atoms with van der Waals surface area (Å²) in [5, 5.41) is 10.5. The summed E-state index contributed by atoms with van der Waals surface area (Å²) >= 11 is 0. The Balaban J connectivity index is 2.23. The zero-order valence-electron chi connectivity index (χ0n) is 11.2. The molecule has 0 amide bonds. The minimum absolute atomic E-state index is 0.0524. The van der Waals surface area contributed by atoms with E-state index < -0.39 is 22.2 Å². The second kappa shape index (κ2) is 4.97. The predicted molar refractivity (Wildman–Crippen MR) is 68.4 cm³/mol. The van der Waals surface area contributed by atoms with Gasteiger partial charge in [-0.2, -0.15) is 4.39 Å². The first-order valence-electron chi connectivity index (χ1n) is 6.35. The molecule has 0 spiro atoms. The van der Waals surface area contributed by atoms with Crippen molar-refractivity contribution in [1.29, 1.82) is 0 Å². The average Bonchev–Trinajstić information content (AvgIpc) is 2.40. The monoisotopic (exact) mass is 286 g/mol. The van der Waals surface area contributed by atoms with Crippen LogP contribution in [0.5, 0.6) is 5.75 Å². The Kier molecular flexibility index (Phi) is 3.64. The van der Waals surface area contributed by atoms with Crippen LogP contribution in [0.25, 0.3) is 0 Å². The first-order chi connectivity index (χ1) is 9.29. The molecule has 5 nitrogen and oxygen atoms in total. The largest absolute Gasteiger partial charge is 0.487 e. The highest BCUT2D eigenvalue weighted by Gasteiger charge is 2.50. The summed E-state index contributed by atoms with van der Waals surface area (Å²) in [4.78, 5) is 9.53. The van der Waals surface area contributed by atoms with Crippen LogP contribution in [0.1, 0.15) is 26.7 Å². The van der Waals surface area contributed by atoms with E-state index in [-0.39, 0.29) is 23.3 Å². The summed E-state index contributed by atoms with van der Waals surface area (Å²) in [5.41, 5.74) is 4.70. The van der Waals surface area contributed by atoms with Crippen LogP contribution in [0.3, 0.4) is 0 Å². The molecule has 0 bridgehead atoms. The molecule has 1 aliphatic carbocycles. The van der Waals surface area contributed by atoms with Gasteiger partial charge >= 0.3 is 5.69 Å². The van der Waals surface area contributed by atoms with Gasteiger partial charge < -0.3 is 10.5 Å². The number of nitro benzene ring substituents is 1. The molecular formula is C13H16F2N2O3. The molecule has 3 atom stereocenters. The number of benzene rings is 1. The maximum absolute atomic E-state index is 13.7. The number of hydrogen-bond acceptors (Lipinski definition) is 4. The van der Waals surface area contributed by atoms with Crippen molar-refractivity contribution in [1.82, 2.24) is 0 Å². The third-order valence-corrected chi connectivity index (χ3v) is 4.28. The molecule has 3 unspecified atom stereocenters. The van der Waals surface area contributed by atoms with E-state index in [1.54, 1.807) is 0 Å². The third-order valence-electron chi connectivity index (χ3n) is 4.28. The van der Waals surface area contributed by atoms with Crippen molar-refractivity contribution in [2.45, 2.75) is 38.8 Å². The number of nitrogens with two attached hydrogens (primary N) is 1. The molecule has 2 N–H and O–H groups in total. The Morgan fingerprint density at radius 2 is 2.15 bits per heavy atom. The lowest BCUT2D eigenvalue weighted by atomic mass is 9.62. The molecule has 7 heteroatoms. The fraction of sp³-hybridized carbons (Fsp3) is 0.538. The van der Waals surface area contributed by atoms with Crippen molar-refractivity contribution < 1.29 is 18.4 Å². The molecule has 1 aromatic rings. The Morgan fingerprint density at radius 1 is 1.50 bits per heavy atom. The maximum atomic E-state index is 13.7. The molecule has 0 radical (unpaired) electrons. The molecule has 20 heavy (non-hydrogen) atoms. The summed E-state index contributed by atoms with van der Waals surface area (Å²) in [6, 6.07) is 1.20. The van der Waals surface area contributed by atoms with E-state index in [4.69, 9.17) is 10.5 Å². The third kappa shape index (κ3) is 2.22. The van der Waals surface area contributed by atoms with Crippen molar-refractivity contribution in [2.24, 2.45) is 11.1 Å². The number of nitrogens with zero attached hydrogens (tertiary/aromatic N) is 1. The second-order valence-electron chi connectivity index (χ2n) is 5.30. The van der Waals surface area contributed by atoms with Gasteiger partial charge in [0.25, 0.3) is 0 Å². The Morgan fingerprint density at radius 3 is 2.65 bits per heavy atom. The Labute approximate surface area is 114 Å². The topological polar surface area (TPSA) is 78.4 Å². The van der Waals surface area contributed by atoms with E-state index >= 15 is 0 Å². The molecule has 1 fully saturated rings. The van der Waals surface area contributed by atoms with Gasteiger partial charge in [-0.25, -0.2) is 4.39 Å². The molecule has 0 aliphatic heterocycles. The van der Waals surface area contributed by atoms with Crippen LogP contribution in [-0.2, 0) is 0 Å². The zero-order valence-corrected chi connectivity index (χ0v) is 11.2. The van der Waals surface area contributed by atoms with E-state index in [1.165, 1.54) is 0 Å². The van der Waals surface area contributed by atoms with Gasteiger partial charge in [-0.05, 0) is 6.42 Å². The summed E-state index contributed by atoms with van der Waals surface area (Å²) < 4.78 is 32.7. The van der Waals surface area contributed by atoms with Crippen LogP contribution < -0.4 is 10.5 Å². The second-order valence-corrected chi connectivity index (χ2v) is 5.30. The number of ether oxygens (including phenoxy) is 1. The summed E-state index contributed by atoms with van der Waals surface area (Å²) in [7, 11) is 0. The van der Waals surface area contributed by atoms with Crippen LogP contribution in [0, 0.1) is 27.2 Å². The van der Waals surface area contributed by atoms with E-state index in [1.807, 2.05) is 13.8 Å². The van der Waals surface area contributed by atoms with Crippen LogP contribution in [0.15, 0.2) is 12.1 Å². The number of nitro groups is 1. The van der Waals surface area contributed by atoms with Crippen LogP contribution >= 0.6 is 0 Å². The first-order valence-corrected chi connectivity index (χ1v) is 6.35. The van der Waals surface area contributed by atoms with Gasteiger partial charge in [-0.15, -0.1) is 0 Å². The smallest absolute Gasteiger partial charge is 0.307 e.